The number of nitrogens with one attached hydrogen (secondary N) is 4. The Balaban J connectivity index is 0.00000144. The van der Waals surface area contributed by atoms with Crippen LogP contribution in [-0.4, -0.2) is 132 Å². The molecule has 99 heavy (non-hydrogen) atoms. The van der Waals surface area contributed by atoms with Gasteiger partial charge in [-0.05, 0) is 109 Å². The first-order valence-corrected chi connectivity index (χ1v) is 35.6. The van der Waals surface area contributed by atoms with Gasteiger partial charge in [0.2, 0.25) is 23.7 Å². The highest BCUT2D eigenvalue weighted by Crippen LogP contribution is 2.56. The van der Waals surface area contributed by atoms with Crippen LogP contribution >= 0.6 is 38.8 Å². The smallest absolute Gasteiger partial charge is 0.497 e. The average Bonchev–Trinajstić information content (AvgIpc) is 1.72. The van der Waals surface area contributed by atoms with Crippen molar-refractivity contribution in [1.29, 1.82) is 0 Å². The van der Waals surface area contributed by atoms with E-state index in [1.807, 2.05) is 54.6 Å². The number of H-pyrrole nitrogens is 2. The van der Waals surface area contributed by atoms with Gasteiger partial charge < -0.3 is 37.6 Å². The van der Waals surface area contributed by atoms with E-state index in [1.54, 1.807) is 66.2 Å². The van der Waals surface area contributed by atoms with Gasteiger partial charge >= 0.3 is 15.6 Å². The number of anilines is 2. The Morgan fingerprint density at radius 3 is 1.45 bits per heavy atom. The zero-order valence-electron chi connectivity index (χ0n) is 55.6. The van der Waals surface area contributed by atoms with E-state index in [0.29, 0.717) is 38.2 Å². The largest absolute Gasteiger partial charge is 0.530 e. The molecule has 0 bridgehead atoms. The van der Waals surface area contributed by atoms with Crippen molar-refractivity contribution in [3.05, 3.63) is 187 Å². The fourth-order valence-electron chi connectivity index (χ4n) is 11.0. The number of ether oxygens (including phenoxy) is 5. The molecule has 9 aromatic rings. The van der Waals surface area contributed by atoms with Gasteiger partial charge in [-0.15, -0.1) is 0 Å². The number of methoxy groups -OCH3 is 2. The van der Waals surface area contributed by atoms with Gasteiger partial charge in [0.25, 0.3) is 11.1 Å². The van der Waals surface area contributed by atoms with Crippen molar-refractivity contribution in [1.82, 2.24) is 43.9 Å². The summed E-state index contributed by atoms with van der Waals surface area (Å²) in [6.45, 7) is 15.7. The molecule has 2 fully saturated rings. The van der Waals surface area contributed by atoms with Gasteiger partial charge in [-0.2, -0.15) is 9.97 Å². The van der Waals surface area contributed by atoms with Crippen LogP contribution < -0.4 is 40.3 Å². The lowest BCUT2D eigenvalue weighted by Gasteiger charge is -2.37. The Labute approximate surface area is 579 Å². The summed E-state index contributed by atoms with van der Waals surface area (Å²) < 4.78 is 95.4. The fourth-order valence-corrected chi connectivity index (χ4v) is 13.7. The highest BCUT2D eigenvalue weighted by atomic mass is 35.5. The highest BCUT2D eigenvalue weighted by molar-refractivity contribution is 7.49. The van der Waals surface area contributed by atoms with Gasteiger partial charge in [0, 0.05) is 34.7 Å². The van der Waals surface area contributed by atoms with Gasteiger partial charge in [-0.3, -0.25) is 67.4 Å². The molecule has 6 heterocycles. The van der Waals surface area contributed by atoms with E-state index < -0.39 is 99.5 Å². The second-order valence-electron chi connectivity index (χ2n) is 23.5. The van der Waals surface area contributed by atoms with E-state index in [0.717, 1.165) is 0 Å². The van der Waals surface area contributed by atoms with Crippen LogP contribution in [0.3, 0.4) is 0 Å². The summed E-state index contributed by atoms with van der Waals surface area (Å²) in [7, 11) is -7.10. The van der Waals surface area contributed by atoms with Crippen LogP contribution in [0.4, 0.5) is 11.9 Å². The third-order valence-electron chi connectivity index (χ3n) is 16.4. The van der Waals surface area contributed by atoms with Crippen LogP contribution in [0.25, 0.3) is 22.3 Å². The standard InChI is InChI=1S/C61H62Cl2N10O17P2.C6H15N/c1-34(2)55(74)68-59-66-53-51(57(76)70-59)64-32-72(53)49-28-45(89-91(78,79)87-43-24-16-39(62)17-25-43)48(86-49)31-84-92(80,88-44-26-18-40(63)19-27-44)90-46-29-50(73-33-65-52-54(73)67-60(71-58(52)77)69-56(75)35(3)4)85-47(46)30-83-61(36-10-8-7-9-11-36,37-12-20-41(81-5)21-13-37)38-14-22-42(82-6)23-15-38;1-4-7(5-2)6-3/h7-27,32-35,45-50H,28-31H2,1-6H3,(H,78,79)(H2,66,68,70,74,76)(H2,67,69,71,75,77);4-6H2,1-3H3/t45-,46-,47+,48+,49+,50+,92?;/m0./s1. The summed E-state index contributed by atoms with van der Waals surface area (Å²) in [6, 6.07) is 35.4. The van der Waals surface area contributed by atoms with Crippen molar-refractivity contribution in [3.63, 3.8) is 0 Å². The monoisotopic (exact) mass is 1440 g/mol. The number of nitrogens with zero attached hydrogens (tertiary/aromatic N) is 7. The highest BCUT2D eigenvalue weighted by Gasteiger charge is 2.49. The van der Waals surface area contributed by atoms with Gasteiger partial charge in [0.15, 0.2) is 22.3 Å². The number of benzene rings is 5. The first-order valence-electron chi connectivity index (χ1n) is 31.9. The summed E-state index contributed by atoms with van der Waals surface area (Å²) in [6.07, 6.45) is -5.67. The summed E-state index contributed by atoms with van der Waals surface area (Å²) >= 11 is 12.4. The number of hydrogen-bond donors (Lipinski definition) is 5. The molecule has 8 atom stereocenters. The van der Waals surface area contributed by atoms with Crippen LogP contribution in [0.15, 0.2) is 150 Å². The fraction of sp³-hybridized carbons (Fsp3) is 0.373. The van der Waals surface area contributed by atoms with Crippen molar-refractivity contribution in [3.8, 4) is 23.0 Å². The lowest BCUT2D eigenvalue weighted by Crippen LogP contribution is -2.38. The van der Waals surface area contributed by atoms with Crippen LogP contribution in [-0.2, 0) is 52.1 Å². The molecule has 0 radical (unpaired) electrons. The molecule has 32 heteroatoms. The van der Waals surface area contributed by atoms with E-state index in [4.69, 9.17) is 69.5 Å². The minimum Gasteiger partial charge on any atom is -0.497 e. The maximum absolute atomic E-state index is 16.1. The molecule has 0 saturated carbocycles. The predicted molar refractivity (Wildman–Crippen MR) is 369 cm³/mol. The summed E-state index contributed by atoms with van der Waals surface area (Å²) in [5.74, 6) is -1.15. The number of halogens is 2. The Bertz CT molecular complexity index is 4400. The SMILES string of the molecule is CCN(CC)CC.COc1ccc(C(OC[C@H]2O[C@@H](n3cnc4c(=O)[nH]c(NC(=O)C(C)C)nc43)C[C@@H]2OP(=O)(OC[C@H]2O[C@@H](n3cnc4c(=O)[nH]c(NC(=O)C(C)C)nc43)C[C@@H]2OP(=O)(O)Oc2ccc(Cl)cc2)Oc2ccc(Cl)cc2)(c2ccccc2)c2ccc(OC)cc2)cc1. The third-order valence-corrected chi connectivity index (χ3v) is 19.3. The molecule has 5 N–H and O–H groups in total. The quantitative estimate of drug-likeness (QED) is 0.0225. The molecule has 0 spiro atoms. The molecule has 526 valence electrons. The summed E-state index contributed by atoms with van der Waals surface area (Å²) in [5, 5.41) is 5.83. The van der Waals surface area contributed by atoms with E-state index in [-0.39, 0.29) is 65.2 Å². The summed E-state index contributed by atoms with van der Waals surface area (Å²) in [4.78, 5) is 89.1. The Morgan fingerprint density at radius 2 is 1.03 bits per heavy atom. The lowest BCUT2D eigenvalue weighted by molar-refractivity contribution is -0.119. The average molecular weight is 1440 g/mol. The van der Waals surface area contributed by atoms with Crippen molar-refractivity contribution in [2.45, 2.75) is 104 Å². The number of aromatic amines is 2. The number of hydrogen-bond acceptors (Lipinski definition) is 21. The molecule has 2 aliphatic rings. The van der Waals surface area contributed by atoms with E-state index in [9.17, 15) is 28.6 Å². The molecular formula is C67H77Cl2N11O17P2. The third kappa shape index (κ3) is 17.6. The van der Waals surface area contributed by atoms with Gasteiger partial charge in [0.05, 0.1) is 40.1 Å². The number of fused-ring (bicyclic) bond motifs is 2. The lowest BCUT2D eigenvalue weighted by atomic mass is 9.80. The molecule has 4 aromatic heterocycles. The van der Waals surface area contributed by atoms with Gasteiger partial charge in [-0.25, -0.2) is 19.1 Å². The molecule has 5 aromatic carbocycles. The number of rotatable bonds is 28. The van der Waals surface area contributed by atoms with E-state index in [1.165, 1.54) is 90.0 Å². The molecule has 28 nitrogen and oxygen atoms in total. The number of phosphoric acid groups is 2. The molecular weight excluding hydrogens is 1360 g/mol. The minimum atomic E-state index is -5.11. The number of aromatic nitrogens is 8. The molecule has 11 rings (SSSR count). The first-order chi connectivity index (χ1) is 47.4. The van der Waals surface area contributed by atoms with Crippen LogP contribution in [0, 0.1) is 11.8 Å². The number of amides is 2. The molecule has 2 aliphatic heterocycles. The molecule has 0 aliphatic carbocycles. The molecule has 2 unspecified atom stereocenters. The van der Waals surface area contributed by atoms with Crippen LogP contribution in [0.2, 0.25) is 10.0 Å². The van der Waals surface area contributed by atoms with Gasteiger partial charge in [0.1, 0.15) is 65.5 Å². The Morgan fingerprint density at radius 1 is 0.616 bits per heavy atom. The normalized spacial score (nSPS) is 19.0. The zero-order valence-corrected chi connectivity index (χ0v) is 58.9. The Hall–Kier alpha value is -8.34. The first kappa shape index (κ1) is 73.4. The van der Waals surface area contributed by atoms with Crippen LogP contribution in [0.5, 0.6) is 23.0 Å². The second-order valence-corrected chi connectivity index (χ2v) is 27.3. The zero-order chi connectivity index (χ0) is 70.8. The predicted octanol–water partition coefficient (Wildman–Crippen LogP) is 11.9. The topological polar surface area (TPSA) is 335 Å². The van der Waals surface area contributed by atoms with Crippen molar-refractivity contribution < 1.29 is 69.9 Å². The number of carbonyl (C=O) groups is 2. The number of imidazole rings is 2. The van der Waals surface area contributed by atoms with E-state index >= 15 is 4.57 Å². The van der Waals surface area contributed by atoms with Crippen molar-refractivity contribution in [2.75, 3.05) is 57.7 Å². The maximum Gasteiger partial charge on any atom is 0.530 e. The van der Waals surface area contributed by atoms with E-state index in [2.05, 4.69) is 66.2 Å². The minimum absolute atomic E-state index is 0.00673. The second kappa shape index (κ2) is 32.3. The number of carbonyl (C=O) groups excluding carboxylic acids is 2. The van der Waals surface area contributed by atoms with Gasteiger partial charge in [-0.1, -0.05) is 126 Å². The van der Waals surface area contributed by atoms with Crippen LogP contribution in [0.1, 0.15) is 90.5 Å². The van der Waals surface area contributed by atoms with Crippen molar-refractivity contribution in [2.24, 2.45) is 11.8 Å². The summed E-state index contributed by atoms with van der Waals surface area (Å²) in [5.41, 5.74) is -1.10. The Kier molecular flexibility index (Phi) is 24.0. The van der Waals surface area contributed by atoms with Crippen molar-refractivity contribution >= 4 is 84.9 Å². The molecule has 2 saturated heterocycles. The maximum atomic E-state index is 16.1. The molecule has 2 amide bonds. The number of phosphoric ester groups is 2.